The van der Waals surface area contributed by atoms with E-state index in [1.54, 1.807) is 19.9 Å². The van der Waals surface area contributed by atoms with Crippen molar-refractivity contribution in [2.24, 2.45) is 5.92 Å². The number of hydrogen-bond donors (Lipinski definition) is 2. The Morgan fingerprint density at radius 1 is 1.30 bits per heavy atom. The molecule has 1 saturated carbocycles. The smallest absolute Gasteiger partial charge is 0.251 e. The van der Waals surface area contributed by atoms with Crippen molar-refractivity contribution in [3.8, 4) is 5.75 Å². The summed E-state index contributed by atoms with van der Waals surface area (Å²) in [6.07, 6.45) is 6.70. The number of nitrogens with one attached hydrogen (secondary N) is 2. The predicted octanol–water partition coefficient (Wildman–Crippen LogP) is 3.47. The maximum absolute atomic E-state index is 12.8. The van der Waals surface area contributed by atoms with E-state index >= 15 is 0 Å². The van der Waals surface area contributed by atoms with Crippen molar-refractivity contribution in [2.75, 3.05) is 7.11 Å². The highest BCUT2D eigenvalue weighted by Crippen LogP contribution is 2.30. The summed E-state index contributed by atoms with van der Waals surface area (Å²) >= 11 is 0. The Kier molecular flexibility index (Phi) is 7.68. The molecule has 2 N–H and O–H groups in total. The van der Waals surface area contributed by atoms with Gasteiger partial charge in [-0.15, -0.1) is 0 Å². The van der Waals surface area contributed by atoms with Crippen molar-refractivity contribution >= 4 is 15.9 Å². The van der Waals surface area contributed by atoms with Crippen LogP contribution in [0.1, 0.15) is 69.7 Å². The number of hydrogen-bond acceptors (Lipinski definition) is 4. The van der Waals surface area contributed by atoms with E-state index in [4.69, 9.17) is 4.74 Å². The number of ether oxygens (including phenoxy) is 1. The molecule has 0 aliphatic heterocycles. The van der Waals surface area contributed by atoms with E-state index in [1.807, 2.05) is 0 Å². The summed E-state index contributed by atoms with van der Waals surface area (Å²) in [5.74, 6) is 0.506. The number of amides is 1. The minimum atomic E-state index is -3.76. The summed E-state index contributed by atoms with van der Waals surface area (Å²) in [5, 5.41) is 3.12. The molecule has 152 valence electrons. The zero-order chi connectivity index (χ0) is 20.0. The molecule has 1 amide bonds. The molecule has 0 saturated heterocycles. The lowest BCUT2D eigenvalue weighted by molar-refractivity contribution is 0.0926. The van der Waals surface area contributed by atoms with Gasteiger partial charge in [0.2, 0.25) is 10.0 Å². The molecule has 0 aromatic heterocycles. The molecule has 2 unspecified atom stereocenters. The van der Waals surface area contributed by atoms with Crippen molar-refractivity contribution in [3.63, 3.8) is 0 Å². The highest BCUT2D eigenvalue weighted by atomic mass is 32.2. The fourth-order valence-electron chi connectivity index (χ4n) is 3.69. The molecule has 1 aromatic rings. The van der Waals surface area contributed by atoms with Gasteiger partial charge in [0.1, 0.15) is 10.6 Å². The van der Waals surface area contributed by atoms with Crippen LogP contribution in [0.25, 0.3) is 0 Å². The maximum Gasteiger partial charge on any atom is 0.251 e. The third-order valence-corrected chi connectivity index (χ3v) is 6.69. The number of rotatable bonds is 9. The summed E-state index contributed by atoms with van der Waals surface area (Å²) in [4.78, 5) is 12.7. The maximum atomic E-state index is 12.8. The van der Waals surface area contributed by atoms with Crippen LogP contribution in [-0.4, -0.2) is 33.5 Å². The van der Waals surface area contributed by atoms with Gasteiger partial charge in [0.15, 0.2) is 0 Å². The predicted molar refractivity (Wildman–Crippen MR) is 107 cm³/mol. The Bertz CT molecular complexity index is 746. The van der Waals surface area contributed by atoms with Crippen molar-refractivity contribution in [1.82, 2.24) is 10.0 Å². The number of carbonyl (C=O) groups excluding carboxylic acids is 1. The molecular weight excluding hydrogens is 364 g/mol. The second-order valence-electron chi connectivity index (χ2n) is 7.55. The molecule has 1 fully saturated rings. The van der Waals surface area contributed by atoms with Gasteiger partial charge in [-0.3, -0.25) is 4.79 Å². The summed E-state index contributed by atoms with van der Waals surface area (Å²) in [7, 11) is -2.35. The van der Waals surface area contributed by atoms with Crippen LogP contribution in [0.3, 0.4) is 0 Å². The summed E-state index contributed by atoms with van der Waals surface area (Å²) in [5.41, 5.74) is 0.334. The van der Waals surface area contributed by atoms with E-state index in [-0.39, 0.29) is 28.6 Å². The van der Waals surface area contributed by atoms with Crippen LogP contribution in [0.5, 0.6) is 5.75 Å². The second kappa shape index (κ2) is 9.55. The largest absolute Gasteiger partial charge is 0.495 e. The van der Waals surface area contributed by atoms with Gasteiger partial charge in [0.25, 0.3) is 5.91 Å². The average molecular weight is 397 g/mol. The third kappa shape index (κ3) is 5.69. The van der Waals surface area contributed by atoms with Crippen molar-refractivity contribution < 1.29 is 17.9 Å². The molecule has 27 heavy (non-hydrogen) atoms. The molecule has 1 aliphatic carbocycles. The standard InChI is InChI=1S/C20H32N2O4S/c1-5-6-8-15-9-7-10-17(15)21-20(23)16-11-12-18(26-4)19(13-16)27(24,25)22-14(2)3/h11-15,17,22H,5-10H2,1-4H3,(H,21,23). The van der Waals surface area contributed by atoms with Gasteiger partial charge in [-0.2, -0.15) is 0 Å². The van der Waals surface area contributed by atoms with Crippen molar-refractivity contribution in [1.29, 1.82) is 0 Å². The van der Waals surface area contributed by atoms with Gasteiger partial charge >= 0.3 is 0 Å². The summed E-state index contributed by atoms with van der Waals surface area (Å²) < 4.78 is 32.9. The van der Waals surface area contributed by atoms with E-state index in [1.165, 1.54) is 25.7 Å². The minimum Gasteiger partial charge on any atom is -0.495 e. The fraction of sp³-hybridized carbons (Fsp3) is 0.650. The molecule has 7 heteroatoms. The number of sulfonamides is 1. The van der Waals surface area contributed by atoms with Gasteiger partial charge in [0, 0.05) is 17.6 Å². The Balaban J connectivity index is 2.20. The first-order valence-corrected chi connectivity index (χ1v) is 11.3. The van der Waals surface area contributed by atoms with Gasteiger partial charge in [-0.25, -0.2) is 13.1 Å². The van der Waals surface area contributed by atoms with Gasteiger partial charge in [-0.05, 0) is 57.2 Å². The van der Waals surface area contributed by atoms with Crippen LogP contribution in [0.4, 0.5) is 0 Å². The first-order valence-electron chi connectivity index (χ1n) is 9.79. The number of benzene rings is 1. The molecule has 6 nitrogen and oxygen atoms in total. The molecule has 2 rings (SSSR count). The van der Waals surface area contributed by atoms with E-state index in [0.717, 1.165) is 32.1 Å². The highest BCUT2D eigenvalue weighted by molar-refractivity contribution is 7.89. The third-order valence-electron chi connectivity index (χ3n) is 5.01. The van der Waals surface area contributed by atoms with Gasteiger partial charge in [-0.1, -0.05) is 26.2 Å². The summed E-state index contributed by atoms with van der Waals surface area (Å²) in [6.45, 7) is 5.67. The lowest BCUT2D eigenvalue weighted by Crippen LogP contribution is -2.37. The fourth-order valence-corrected chi connectivity index (χ4v) is 5.14. The van der Waals surface area contributed by atoms with Crippen molar-refractivity contribution in [2.45, 2.75) is 76.3 Å². The SMILES string of the molecule is CCCCC1CCCC1NC(=O)c1ccc(OC)c(S(=O)(=O)NC(C)C)c1. The molecule has 1 aliphatic rings. The first kappa shape index (κ1) is 21.7. The zero-order valence-electron chi connectivity index (χ0n) is 16.7. The number of methoxy groups -OCH3 is 1. The molecule has 0 bridgehead atoms. The Morgan fingerprint density at radius 2 is 2.04 bits per heavy atom. The lowest BCUT2D eigenvalue weighted by Gasteiger charge is -2.21. The van der Waals surface area contributed by atoms with Gasteiger partial charge < -0.3 is 10.1 Å². The highest BCUT2D eigenvalue weighted by Gasteiger charge is 2.29. The molecule has 2 atom stereocenters. The van der Waals surface area contributed by atoms with Crippen LogP contribution >= 0.6 is 0 Å². The van der Waals surface area contributed by atoms with Gasteiger partial charge in [0.05, 0.1) is 7.11 Å². The lowest BCUT2D eigenvalue weighted by atomic mass is 9.96. The zero-order valence-corrected chi connectivity index (χ0v) is 17.6. The Morgan fingerprint density at radius 3 is 2.67 bits per heavy atom. The molecule has 0 radical (unpaired) electrons. The second-order valence-corrected chi connectivity index (χ2v) is 9.24. The normalized spacial score (nSPS) is 20.0. The van der Waals surface area contributed by atoms with Crippen LogP contribution in [0.2, 0.25) is 0 Å². The molecule has 1 aromatic carbocycles. The molecule has 0 heterocycles. The van der Waals surface area contributed by atoms with E-state index < -0.39 is 10.0 Å². The number of unbranched alkanes of at least 4 members (excludes halogenated alkanes) is 1. The van der Waals surface area contributed by atoms with E-state index in [0.29, 0.717) is 11.5 Å². The molecule has 0 spiro atoms. The van der Waals surface area contributed by atoms with Crippen LogP contribution < -0.4 is 14.8 Å². The topological polar surface area (TPSA) is 84.5 Å². The molecular formula is C20H32N2O4S. The van der Waals surface area contributed by atoms with E-state index in [2.05, 4.69) is 17.0 Å². The van der Waals surface area contributed by atoms with Crippen LogP contribution in [0.15, 0.2) is 23.1 Å². The van der Waals surface area contributed by atoms with Crippen LogP contribution in [0, 0.1) is 5.92 Å². The summed E-state index contributed by atoms with van der Waals surface area (Å²) in [6, 6.07) is 4.45. The van der Waals surface area contributed by atoms with Crippen LogP contribution in [-0.2, 0) is 10.0 Å². The average Bonchev–Trinajstić information content (AvgIpc) is 3.05. The Labute approximate surface area is 163 Å². The van der Waals surface area contributed by atoms with E-state index in [9.17, 15) is 13.2 Å². The Hall–Kier alpha value is -1.60. The first-order chi connectivity index (χ1) is 12.8. The van der Waals surface area contributed by atoms with Crippen molar-refractivity contribution in [3.05, 3.63) is 23.8 Å². The minimum absolute atomic E-state index is 0.0136. The monoisotopic (exact) mass is 396 g/mol. The number of carbonyl (C=O) groups is 1. The quantitative estimate of drug-likeness (QED) is 0.669.